The number of aliphatic hydroxyl groups excluding tert-OH is 1. The summed E-state index contributed by atoms with van der Waals surface area (Å²) in [7, 11) is 0. The van der Waals surface area contributed by atoms with E-state index in [1.54, 1.807) is 0 Å². The molecule has 1 aliphatic rings. The molecule has 0 amide bonds. The second-order valence-electron chi connectivity index (χ2n) is 6.63. The summed E-state index contributed by atoms with van der Waals surface area (Å²) in [5.74, 6) is 0. The molecule has 1 N–H and O–H groups in total. The third-order valence-corrected chi connectivity index (χ3v) is 4.28. The molecule has 2 unspecified atom stereocenters. The van der Waals surface area contributed by atoms with Crippen molar-refractivity contribution in [3.8, 4) is 0 Å². The van der Waals surface area contributed by atoms with Gasteiger partial charge in [0.25, 0.3) is 0 Å². The molecule has 0 aromatic heterocycles. The molecule has 0 bridgehead atoms. The number of ether oxygens (including phenoxy) is 2. The van der Waals surface area contributed by atoms with Crippen molar-refractivity contribution < 1.29 is 14.6 Å². The van der Waals surface area contributed by atoms with Crippen molar-refractivity contribution >= 4 is 0 Å². The van der Waals surface area contributed by atoms with Gasteiger partial charge in [-0.1, -0.05) is 35.5 Å². The Labute approximate surface area is 142 Å². The van der Waals surface area contributed by atoms with Gasteiger partial charge in [-0.15, -0.1) is 0 Å². The Bertz CT molecular complexity index is 403. The van der Waals surface area contributed by atoms with Gasteiger partial charge in [-0.2, -0.15) is 0 Å². The lowest BCUT2D eigenvalue weighted by Crippen LogP contribution is -2.28. The molecular weight excluding hydrogens is 288 g/mol. The fraction of sp³-hybridized carbons (Fsp3) is 0.700. The highest BCUT2D eigenvalue weighted by molar-refractivity contribution is 5.06. The molecular formula is C20H34O3. The lowest BCUT2D eigenvalue weighted by Gasteiger charge is -2.28. The summed E-state index contributed by atoms with van der Waals surface area (Å²) in [5, 5.41) is 8.85. The molecule has 3 heteroatoms. The lowest BCUT2D eigenvalue weighted by molar-refractivity contribution is -0.181. The van der Waals surface area contributed by atoms with Gasteiger partial charge in [0.2, 0.25) is 0 Å². The van der Waals surface area contributed by atoms with E-state index in [0.717, 1.165) is 50.7 Å². The third-order valence-electron chi connectivity index (χ3n) is 4.28. The van der Waals surface area contributed by atoms with Gasteiger partial charge < -0.3 is 14.6 Å². The molecule has 0 aromatic rings. The summed E-state index contributed by atoms with van der Waals surface area (Å²) in [5.41, 5.74) is 3.71. The average Bonchev–Trinajstić information content (AvgIpc) is 2.52. The second kappa shape index (κ2) is 11.6. The van der Waals surface area contributed by atoms with Crippen LogP contribution >= 0.6 is 0 Å². The van der Waals surface area contributed by atoms with Gasteiger partial charge in [0, 0.05) is 6.61 Å². The topological polar surface area (TPSA) is 38.7 Å². The first-order valence-electron chi connectivity index (χ1n) is 8.87. The monoisotopic (exact) mass is 322 g/mol. The first-order valence-corrected chi connectivity index (χ1v) is 8.87. The van der Waals surface area contributed by atoms with E-state index in [1.807, 2.05) is 13.0 Å². The van der Waals surface area contributed by atoms with Gasteiger partial charge in [-0.3, -0.25) is 0 Å². The van der Waals surface area contributed by atoms with Gasteiger partial charge >= 0.3 is 0 Å². The van der Waals surface area contributed by atoms with Crippen LogP contribution in [0.4, 0.5) is 0 Å². The summed E-state index contributed by atoms with van der Waals surface area (Å²) < 4.78 is 11.8. The molecule has 0 aromatic carbocycles. The van der Waals surface area contributed by atoms with Crippen LogP contribution in [0.1, 0.15) is 65.7 Å². The highest BCUT2D eigenvalue weighted by Crippen LogP contribution is 2.22. The summed E-state index contributed by atoms with van der Waals surface area (Å²) in [4.78, 5) is 0. The molecule has 1 saturated heterocycles. The van der Waals surface area contributed by atoms with Gasteiger partial charge in [-0.25, -0.2) is 0 Å². The molecule has 1 heterocycles. The Morgan fingerprint density at radius 2 is 1.96 bits per heavy atom. The van der Waals surface area contributed by atoms with Gasteiger partial charge in [-0.05, 0) is 65.7 Å². The zero-order chi connectivity index (χ0) is 17.1. The summed E-state index contributed by atoms with van der Waals surface area (Å²) in [6.07, 6.45) is 11.5. The van der Waals surface area contributed by atoms with Crippen LogP contribution in [0.2, 0.25) is 0 Å². The van der Waals surface area contributed by atoms with E-state index >= 15 is 0 Å². The van der Waals surface area contributed by atoms with E-state index in [4.69, 9.17) is 14.6 Å². The Morgan fingerprint density at radius 3 is 2.57 bits per heavy atom. The number of rotatable bonds is 10. The minimum atomic E-state index is -0.0546. The highest BCUT2D eigenvalue weighted by Gasteiger charge is 2.20. The number of aliphatic hydroxyl groups is 1. The van der Waals surface area contributed by atoms with Crippen LogP contribution in [0, 0.1) is 0 Å². The fourth-order valence-electron chi connectivity index (χ4n) is 2.70. The molecule has 0 saturated carbocycles. The SMILES string of the molecule is C=C(C)C(CC/C(C)=C/CC/C(C)=C/CO)OC1CCCCO1. The molecule has 1 rings (SSSR count). The van der Waals surface area contributed by atoms with Crippen LogP contribution in [-0.4, -0.2) is 30.7 Å². The van der Waals surface area contributed by atoms with E-state index < -0.39 is 0 Å². The summed E-state index contributed by atoms with van der Waals surface area (Å²) in [6, 6.07) is 0. The Kier molecular flexibility index (Phi) is 10.2. The van der Waals surface area contributed by atoms with Crippen molar-refractivity contribution in [2.75, 3.05) is 13.2 Å². The number of allylic oxidation sites excluding steroid dienone is 3. The third kappa shape index (κ3) is 9.09. The quantitative estimate of drug-likeness (QED) is 0.580. The molecule has 1 aliphatic heterocycles. The smallest absolute Gasteiger partial charge is 0.158 e. The van der Waals surface area contributed by atoms with Crippen LogP contribution in [0.3, 0.4) is 0 Å². The zero-order valence-corrected chi connectivity index (χ0v) is 15.1. The largest absolute Gasteiger partial charge is 0.392 e. The maximum Gasteiger partial charge on any atom is 0.158 e. The lowest BCUT2D eigenvalue weighted by atomic mass is 10.0. The predicted molar refractivity (Wildman–Crippen MR) is 96.3 cm³/mol. The van der Waals surface area contributed by atoms with E-state index in [-0.39, 0.29) is 19.0 Å². The van der Waals surface area contributed by atoms with Gasteiger partial charge in [0.1, 0.15) is 0 Å². The van der Waals surface area contributed by atoms with Gasteiger partial charge in [0.05, 0.1) is 12.7 Å². The van der Waals surface area contributed by atoms with Crippen LogP contribution in [0.5, 0.6) is 0 Å². The first kappa shape index (κ1) is 20.1. The maximum atomic E-state index is 8.85. The molecule has 23 heavy (non-hydrogen) atoms. The normalized spacial score (nSPS) is 21.3. The number of hydrogen-bond donors (Lipinski definition) is 1. The Hall–Kier alpha value is -0.900. The van der Waals surface area contributed by atoms with Crippen molar-refractivity contribution in [1.82, 2.24) is 0 Å². The van der Waals surface area contributed by atoms with Crippen molar-refractivity contribution in [3.05, 3.63) is 35.5 Å². The molecule has 1 fully saturated rings. The van der Waals surface area contributed by atoms with Crippen LogP contribution in [0.15, 0.2) is 35.5 Å². The highest BCUT2D eigenvalue weighted by atomic mass is 16.7. The van der Waals surface area contributed by atoms with Crippen LogP contribution < -0.4 is 0 Å². The average molecular weight is 322 g/mol. The molecule has 0 aliphatic carbocycles. The summed E-state index contributed by atoms with van der Waals surface area (Å²) in [6.45, 7) is 11.3. The van der Waals surface area contributed by atoms with E-state index in [0.29, 0.717) is 0 Å². The van der Waals surface area contributed by atoms with E-state index in [9.17, 15) is 0 Å². The predicted octanol–water partition coefficient (Wildman–Crippen LogP) is 4.92. The first-order chi connectivity index (χ1) is 11.0. The fourth-order valence-corrected chi connectivity index (χ4v) is 2.70. The molecule has 2 atom stereocenters. The van der Waals surface area contributed by atoms with Crippen molar-refractivity contribution in [3.63, 3.8) is 0 Å². The van der Waals surface area contributed by atoms with E-state index in [1.165, 1.54) is 17.6 Å². The molecule has 3 nitrogen and oxygen atoms in total. The maximum absolute atomic E-state index is 8.85. The standard InChI is InChI=1S/C20H34O3/c1-16(2)19(23-20-10-5-6-15-22-20)12-11-17(3)8-7-9-18(4)13-14-21/h8,13,19-21H,1,5-7,9-12,14-15H2,2-4H3/b17-8+,18-13+. The Morgan fingerprint density at radius 1 is 1.22 bits per heavy atom. The van der Waals surface area contributed by atoms with Crippen LogP contribution in [0.25, 0.3) is 0 Å². The van der Waals surface area contributed by atoms with Crippen molar-refractivity contribution in [2.24, 2.45) is 0 Å². The van der Waals surface area contributed by atoms with Gasteiger partial charge in [0.15, 0.2) is 6.29 Å². The molecule has 132 valence electrons. The number of hydrogen-bond acceptors (Lipinski definition) is 3. The van der Waals surface area contributed by atoms with Crippen molar-refractivity contribution in [1.29, 1.82) is 0 Å². The summed E-state index contributed by atoms with van der Waals surface area (Å²) >= 11 is 0. The molecule has 0 radical (unpaired) electrons. The van der Waals surface area contributed by atoms with E-state index in [2.05, 4.69) is 26.5 Å². The van der Waals surface area contributed by atoms with Crippen molar-refractivity contribution in [2.45, 2.75) is 78.1 Å². The minimum Gasteiger partial charge on any atom is -0.392 e. The molecule has 0 spiro atoms. The van der Waals surface area contributed by atoms with Crippen LogP contribution in [-0.2, 0) is 9.47 Å². The zero-order valence-electron chi connectivity index (χ0n) is 15.1. The Balaban J connectivity index is 2.35. The minimum absolute atomic E-state index is 0.0546. The second-order valence-corrected chi connectivity index (χ2v) is 6.63.